The highest BCUT2D eigenvalue weighted by molar-refractivity contribution is 5.94. The van der Waals surface area contributed by atoms with Crippen LogP contribution in [0.15, 0.2) is 54.6 Å². The highest BCUT2D eigenvalue weighted by Crippen LogP contribution is 2.32. The molecule has 2 aromatic rings. The van der Waals surface area contributed by atoms with Crippen molar-refractivity contribution in [1.82, 2.24) is 4.90 Å². The van der Waals surface area contributed by atoms with Crippen LogP contribution in [0.3, 0.4) is 0 Å². The van der Waals surface area contributed by atoms with Crippen molar-refractivity contribution in [2.75, 3.05) is 11.9 Å². The smallest absolute Gasteiger partial charge is 0.254 e. The van der Waals surface area contributed by atoms with Gasteiger partial charge in [-0.3, -0.25) is 9.59 Å². The molecule has 1 fully saturated rings. The predicted molar refractivity (Wildman–Crippen MR) is 94.8 cm³/mol. The molecule has 1 aliphatic heterocycles. The molecule has 0 aliphatic carbocycles. The maximum Gasteiger partial charge on any atom is 0.254 e. The number of carbonyl (C=O) groups excluding carboxylic acids is 2. The van der Waals surface area contributed by atoms with Gasteiger partial charge in [-0.15, -0.1) is 0 Å². The minimum absolute atomic E-state index is 0.0821. The molecule has 2 aromatic carbocycles. The number of benzene rings is 2. The maximum atomic E-state index is 12.9. The zero-order chi connectivity index (χ0) is 16.9. The number of hydrogen-bond donors (Lipinski definition) is 1. The largest absolute Gasteiger partial charge is 0.332 e. The molecule has 0 aromatic heterocycles. The van der Waals surface area contributed by atoms with Crippen LogP contribution in [-0.4, -0.2) is 23.3 Å². The van der Waals surface area contributed by atoms with Gasteiger partial charge < -0.3 is 10.2 Å². The number of rotatable bonds is 3. The van der Waals surface area contributed by atoms with Crippen LogP contribution in [0.5, 0.6) is 0 Å². The SMILES string of the molecule is CC(=O)Nc1ccc(C2CCCCN2C(=O)c2ccccc2)cc1. The molecule has 2 amide bonds. The lowest BCUT2D eigenvalue weighted by atomic mass is 9.94. The quantitative estimate of drug-likeness (QED) is 0.928. The number of piperidine rings is 1. The molecule has 1 atom stereocenters. The minimum Gasteiger partial charge on any atom is -0.332 e. The second-order valence-electron chi connectivity index (χ2n) is 6.18. The second-order valence-corrected chi connectivity index (χ2v) is 6.18. The first-order chi connectivity index (χ1) is 11.6. The molecule has 124 valence electrons. The molecular formula is C20H22N2O2. The maximum absolute atomic E-state index is 12.9. The van der Waals surface area contributed by atoms with Crippen LogP contribution in [0, 0.1) is 0 Å². The molecule has 3 rings (SSSR count). The van der Waals surface area contributed by atoms with Crippen LogP contribution in [0.1, 0.15) is 48.1 Å². The molecule has 0 saturated carbocycles. The van der Waals surface area contributed by atoms with Crippen LogP contribution >= 0.6 is 0 Å². The Hall–Kier alpha value is -2.62. The van der Waals surface area contributed by atoms with E-state index in [0.717, 1.165) is 42.6 Å². The Morgan fingerprint density at radius 2 is 1.71 bits per heavy atom. The van der Waals surface area contributed by atoms with Gasteiger partial charge in [-0.25, -0.2) is 0 Å². The van der Waals surface area contributed by atoms with E-state index in [-0.39, 0.29) is 17.9 Å². The molecule has 1 N–H and O–H groups in total. The van der Waals surface area contributed by atoms with Crippen molar-refractivity contribution >= 4 is 17.5 Å². The average Bonchev–Trinajstić information content (AvgIpc) is 2.62. The topological polar surface area (TPSA) is 49.4 Å². The molecule has 1 aliphatic rings. The molecule has 1 unspecified atom stereocenters. The van der Waals surface area contributed by atoms with Crippen molar-refractivity contribution < 1.29 is 9.59 Å². The van der Waals surface area contributed by atoms with Gasteiger partial charge in [0.15, 0.2) is 0 Å². The van der Waals surface area contributed by atoms with Gasteiger partial charge in [0.25, 0.3) is 5.91 Å². The van der Waals surface area contributed by atoms with Crippen LogP contribution in [0.2, 0.25) is 0 Å². The fraction of sp³-hybridized carbons (Fsp3) is 0.300. The third-order valence-electron chi connectivity index (χ3n) is 4.40. The van der Waals surface area contributed by atoms with Gasteiger partial charge in [0.05, 0.1) is 6.04 Å². The normalized spacial score (nSPS) is 17.4. The van der Waals surface area contributed by atoms with Crippen molar-refractivity contribution in [2.24, 2.45) is 0 Å². The van der Waals surface area contributed by atoms with Crippen molar-refractivity contribution in [2.45, 2.75) is 32.2 Å². The molecule has 4 nitrogen and oxygen atoms in total. The summed E-state index contributed by atoms with van der Waals surface area (Å²) < 4.78 is 0. The summed E-state index contributed by atoms with van der Waals surface area (Å²) >= 11 is 0. The minimum atomic E-state index is -0.0821. The molecule has 0 spiro atoms. The molecule has 4 heteroatoms. The number of carbonyl (C=O) groups is 2. The van der Waals surface area contributed by atoms with E-state index in [1.807, 2.05) is 59.5 Å². The zero-order valence-electron chi connectivity index (χ0n) is 13.9. The Kier molecular flexibility index (Phi) is 4.94. The Bertz CT molecular complexity index is 710. The summed E-state index contributed by atoms with van der Waals surface area (Å²) in [7, 11) is 0. The number of amides is 2. The lowest BCUT2D eigenvalue weighted by molar-refractivity contribution is -0.114. The molecule has 0 bridgehead atoms. The first kappa shape index (κ1) is 16.2. The highest BCUT2D eigenvalue weighted by Gasteiger charge is 2.28. The van der Waals surface area contributed by atoms with Crippen LogP contribution in [-0.2, 0) is 4.79 Å². The van der Waals surface area contributed by atoms with E-state index in [4.69, 9.17) is 0 Å². The number of nitrogens with zero attached hydrogens (tertiary/aromatic N) is 1. The van der Waals surface area contributed by atoms with E-state index in [1.54, 1.807) is 0 Å². The lowest BCUT2D eigenvalue weighted by Gasteiger charge is -2.36. The van der Waals surface area contributed by atoms with Gasteiger partial charge in [-0.05, 0) is 49.1 Å². The van der Waals surface area contributed by atoms with E-state index in [2.05, 4.69) is 5.32 Å². The number of anilines is 1. The molecule has 0 radical (unpaired) electrons. The van der Waals surface area contributed by atoms with Gasteiger partial charge in [0.1, 0.15) is 0 Å². The summed E-state index contributed by atoms with van der Waals surface area (Å²) in [5, 5.41) is 2.78. The standard InChI is InChI=1S/C20H22N2O2/c1-15(23)21-18-12-10-16(11-13-18)19-9-5-6-14-22(19)20(24)17-7-3-2-4-8-17/h2-4,7-8,10-13,19H,5-6,9,14H2,1H3,(H,21,23). The monoisotopic (exact) mass is 322 g/mol. The van der Waals surface area contributed by atoms with E-state index >= 15 is 0 Å². The van der Waals surface area contributed by atoms with E-state index in [9.17, 15) is 9.59 Å². The number of nitrogens with one attached hydrogen (secondary N) is 1. The third-order valence-corrected chi connectivity index (χ3v) is 4.40. The summed E-state index contributed by atoms with van der Waals surface area (Å²) in [6.45, 7) is 2.28. The molecular weight excluding hydrogens is 300 g/mol. The summed E-state index contributed by atoms with van der Waals surface area (Å²) in [6, 6.07) is 17.4. The van der Waals surface area contributed by atoms with Gasteiger partial charge >= 0.3 is 0 Å². The van der Waals surface area contributed by atoms with E-state index in [1.165, 1.54) is 6.92 Å². The van der Waals surface area contributed by atoms with Gasteiger partial charge in [-0.1, -0.05) is 30.3 Å². The Morgan fingerprint density at radius 3 is 2.38 bits per heavy atom. The first-order valence-electron chi connectivity index (χ1n) is 8.39. The van der Waals surface area contributed by atoms with Crippen molar-refractivity contribution in [1.29, 1.82) is 0 Å². The number of hydrogen-bond acceptors (Lipinski definition) is 2. The Balaban J connectivity index is 1.82. The van der Waals surface area contributed by atoms with Gasteiger partial charge in [0, 0.05) is 24.7 Å². The Labute approximate surface area is 142 Å². The summed E-state index contributed by atoms with van der Waals surface area (Å²) in [4.78, 5) is 26.0. The number of likely N-dealkylation sites (tertiary alicyclic amines) is 1. The highest BCUT2D eigenvalue weighted by atomic mass is 16.2. The van der Waals surface area contributed by atoms with Crippen molar-refractivity contribution in [3.63, 3.8) is 0 Å². The van der Waals surface area contributed by atoms with Crippen LogP contribution in [0.4, 0.5) is 5.69 Å². The summed E-state index contributed by atoms with van der Waals surface area (Å²) in [5.41, 5.74) is 2.63. The fourth-order valence-electron chi connectivity index (χ4n) is 3.26. The third kappa shape index (κ3) is 3.65. The Morgan fingerprint density at radius 1 is 1.00 bits per heavy atom. The lowest BCUT2D eigenvalue weighted by Crippen LogP contribution is -2.38. The second kappa shape index (κ2) is 7.30. The summed E-state index contributed by atoms with van der Waals surface area (Å²) in [5.74, 6) is 0.00698. The van der Waals surface area contributed by atoms with Crippen LogP contribution in [0.25, 0.3) is 0 Å². The fourth-order valence-corrected chi connectivity index (χ4v) is 3.26. The molecule has 1 saturated heterocycles. The predicted octanol–water partition coefficient (Wildman–Crippen LogP) is 4.01. The van der Waals surface area contributed by atoms with Crippen molar-refractivity contribution in [3.05, 3.63) is 65.7 Å². The van der Waals surface area contributed by atoms with Gasteiger partial charge in [0.2, 0.25) is 5.91 Å². The van der Waals surface area contributed by atoms with E-state index in [0.29, 0.717) is 0 Å². The van der Waals surface area contributed by atoms with E-state index < -0.39 is 0 Å². The zero-order valence-corrected chi connectivity index (χ0v) is 13.9. The summed E-state index contributed by atoms with van der Waals surface area (Å²) in [6.07, 6.45) is 3.13. The van der Waals surface area contributed by atoms with Gasteiger partial charge in [-0.2, -0.15) is 0 Å². The molecule has 24 heavy (non-hydrogen) atoms. The average molecular weight is 322 g/mol. The molecule has 1 heterocycles. The first-order valence-corrected chi connectivity index (χ1v) is 8.39. The van der Waals surface area contributed by atoms with Crippen molar-refractivity contribution in [3.8, 4) is 0 Å². The van der Waals surface area contributed by atoms with Crippen LogP contribution < -0.4 is 5.32 Å².